The topological polar surface area (TPSA) is 72.3 Å². The Balaban J connectivity index is 1.51. The Labute approximate surface area is 141 Å². The van der Waals surface area contributed by atoms with Gasteiger partial charge in [-0.05, 0) is 18.1 Å². The molecule has 1 aliphatic heterocycles. The molecule has 0 radical (unpaired) electrons. The van der Waals surface area contributed by atoms with E-state index in [-0.39, 0.29) is 12.1 Å². The van der Waals surface area contributed by atoms with Gasteiger partial charge in [0.2, 0.25) is 0 Å². The highest BCUT2D eigenvalue weighted by molar-refractivity contribution is 5.74. The van der Waals surface area contributed by atoms with Crippen LogP contribution < -0.4 is 5.32 Å². The lowest BCUT2D eigenvalue weighted by molar-refractivity contribution is -0.0181. The van der Waals surface area contributed by atoms with E-state index < -0.39 is 0 Å². The molecule has 1 saturated heterocycles. The van der Waals surface area contributed by atoms with E-state index >= 15 is 0 Å². The van der Waals surface area contributed by atoms with Crippen molar-refractivity contribution in [2.45, 2.75) is 32.4 Å². The summed E-state index contributed by atoms with van der Waals surface area (Å²) in [7, 11) is 0. The molecule has 0 saturated carbocycles. The lowest BCUT2D eigenvalue weighted by Crippen LogP contribution is -2.49. The molecule has 7 nitrogen and oxygen atoms in total. The highest BCUT2D eigenvalue weighted by Gasteiger charge is 2.23. The highest BCUT2D eigenvalue weighted by atomic mass is 16.5. The summed E-state index contributed by atoms with van der Waals surface area (Å²) in [5, 5.41) is 2.96. The van der Waals surface area contributed by atoms with E-state index in [2.05, 4.69) is 22.2 Å². The maximum Gasteiger partial charge on any atom is 0.317 e. The fourth-order valence-electron chi connectivity index (χ4n) is 2.76. The number of morpholine rings is 1. The number of rotatable bonds is 5. The summed E-state index contributed by atoms with van der Waals surface area (Å²) in [5.41, 5.74) is 0.964. The summed E-state index contributed by atoms with van der Waals surface area (Å²) >= 11 is 0. The van der Waals surface area contributed by atoms with Crippen molar-refractivity contribution in [2.24, 2.45) is 0 Å². The van der Waals surface area contributed by atoms with Crippen molar-refractivity contribution < 1.29 is 9.53 Å². The smallest absolute Gasteiger partial charge is 0.317 e. The first-order valence-electron chi connectivity index (χ1n) is 8.34. The van der Waals surface area contributed by atoms with Gasteiger partial charge in [0, 0.05) is 38.2 Å². The molecule has 7 heteroatoms. The van der Waals surface area contributed by atoms with Crippen molar-refractivity contribution in [3.05, 3.63) is 42.6 Å². The minimum atomic E-state index is -0.0434. The van der Waals surface area contributed by atoms with Crippen LogP contribution in [0.5, 0.6) is 0 Å². The molecule has 1 atom stereocenters. The van der Waals surface area contributed by atoms with E-state index in [4.69, 9.17) is 4.74 Å². The Hall–Kier alpha value is -2.41. The molecule has 0 bridgehead atoms. The Morgan fingerprint density at radius 2 is 2.38 bits per heavy atom. The summed E-state index contributed by atoms with van der Waals surface area (Å²) in [6, 6.07) is 3.83. The third-order valence-corrected chi connectivity index (χ3v) is 4.06. The summed E-state index contributed by atoms with van der Waals surface area (Å²) in [6.45, 7) is 4.51. The number of ether oxygens (including phenoxy) is 1. The van der Waals surface area contributed by atoms with Gasteiger partial charge in [0.1, 0.15) is 12.1 Å². The van der Waals surface area contributed by atoms with Crippen LogP contribution in [0.25, 0.3) is 5.82 Å². The second-order valence-corrected chi connectivity index (χ2v) is 5.88. The Morgan fingerprint density at radius 1 is 1.46 bits per heavy atom. The van der Waals surface area contributed by atoms with Gasteiger partial charge in [0.05, 0.1) is 12.7 Å². The second-order valence-electron chi connectivity index (χ2n) is 5.88. The molecule has 1 N–H and O–H groups in total. The zero-order chi connectivity index (χ0) is 16.8. The van der Waals surface area contributed by atoms with Crippen molar-refractivity contribution in [3.63, 3.8) is 0 Å². The number of carbonyl (C=O) groups excluding carboxylic acids is 1. The summed E-state index contributed by atoms with van der Waals surface area (Å²) in [6.07, 6.45) is 9.24. The fourth-order valence-corrected chi connectivity index (χ4v) is 2.76. The van der Waals surface area contributed by atoms with E-state index in [1.165, 1.54) is 0 Å². The van der Waals surface area contributed by atoms with E-state index in [0.717, 1.165) is 24.2 Å². The molecule has 1 fully saturated rings. The first kappa shape index (κ1) is 16.4. The van der Waals surface area contributed by atoms with Crippen LogP contribution in [0.1, 0.15) is 25.3 Å². The molecule has 3 rings (SSSR count). The lowest BCUT2D eigenvalue weighted by Gasteiger charge is -2.32. The van der Waals surface area contributed by atoms with Gasteiger partial charge in [-0.2, -0.15) is 0 Å². The third kappa shape index (κ3) is 4.11. The molecule has 0 spiro atoms. The van der Waals surface area contributed by atoms with Crippen molar-refractivity contribution in [1.82, 2.24) is 24.8 Å². The zero-order valence-electron chi connectivity index (χ0n) is 13.9. The number of pyridine rings is 1. The number of urea groups is 1. The first-order valence-corrected chi connectivity index (χ1v) is 8.34. The van der Waals surface area contributed by atoms with Crippen molar-refractivity contribution in [2.75, 3.05) is 19.7 Å². The number of nitrogens with one attached hydrogen (secondary N) is 1. The van der Waals surface area contributed by atoms with Gasteiger partial charge in [0.15, 0.2) is 0 Å². The first-order chi connectivity index (χ1) is 11.8. The molecule has 128 valence electrons. The van der Waals surface area contributed by atoms with Gasteiger partial charge in [0.25, 0.3) is 0 Å². The largest absolute Gasteiger partial charge is 0.375 e. The number of hydrogen-bond acceptors (Lipinski definition) is 4. The predicted octanol–water partition coefficient (Wildman–Crippen LogP) is 1.98. The van der Waals surface area contributed by atoms with Crippen LogP contribution in [-0.2, 0) is 11.3 Å². The number of hydrogen-bond donors (Lipinski definition) is 1. The van der Waals surface area contributed by atoms with E-state index in [0.29, 0.717) is 26.2 Å². The number of amides is 2. The van der Waals surface area contributed by atoms with Crippen molar-refractivity contribution in [3.8, 4) is 5.82 Å². The van der Waals surface area contributed by atoms with Gasteiger partial charge in [-0.25, -0.2) is 14.8 Å². The fraction of sp³-hybridized carbons (Fsp3) is 0.471. The minimum absolute atomic E-state index is 0.0434. The molecule has 2 amide bonds. The van der Waals surface area contributed by atoms with Gasteiger partial charge >= 0.3 is 6.03 Å². The molecular formula is C17H23N5O2. The molecule has 24 heavy (non-hydrogen) atoms. The van der Waals surface area contributed by atoms with E-state index in [9.17, 15) is 4.79 Å². The highest BCUT2D eigenvalue weighted by Crippen LogP contribution is 2.11. The Kier molecular flexibility index (Phi) is 5.43. The normalized spacial score (nSPS) is 17.7. The minimum Gasteiger partial charge on any atom is -0.375 e. The Morgan fingerprint density at radius 3 is 3.08 bits per heavy atom. The summed E-state index contributed by atoms with van der Waals surface area (Å²) < 4.78 is 7.51. The molecule has 1 aliphatic rings. The van der Waals surface area contributed by atoms with Crippen LogP contribution in [0.4, 0.5) is 4.79 Å². The number of imidazole rings is 1. The van der Waals surface area contributed by atoms with Gasteiger partial charge < -0.3 is 15.0 Å². The zero-order valence-corrected chi connectivity index (χ0v) is 13.9. The summed E-state index contributed by atoms with van der Waals surface area (Å²) in [5.74, 6) is 0.804. The quantitative estimate of drug-likeness (QED) is 0.910. The van der Waals surface area contributed by atoms with Crippen LogP contribution in [0.3, 0.4) is 0 Å². The van der Waals surface area contributed by atoms with Crippen LogP contribution in [0.2, 0.25) is 0 Å². The number of aromatic nitrogens is 3. The lowest BCUT2D eigenvalue weighted by atomic mass is 10.2. The third-order valence-electron chi connectivity index (χ3n) is 4.06. The van der Waals surface area contributed by atoms with Gasteiger partial charge in [-0.3, -0.25) is 4.57 Å². The molecule has 2 aromatic heterocycles. The average Bonchev–Trinajstić information content (AvgIpc) is 3.15. The SMILES string of the molecule is CCC[C@@H]1CN(C(=O)NCc2ccc(-n3ccnc3)nc2)CCO1. The van der Waals surface area contributed by atoms with Crippen LogP contribution >= 0.6 is 0 Å². The van der Waals surface area contributed by atoms with E-state index in [1.54, 1.807) is 18.7 Å². The van der Waals surface area contributed by atoms with Gasteiger partial charge in [-0.1, -0.05) is 19.4 Å². The van der Waals surface area contributed by atoms with Crippen LogP contribution in [0.15, 0.2) is 37.1 Å². The second kappa shape index (κ2) is 7.92. The summed E-state index contributed by atoms with van der Waals surface area (Å²) in [4.78, 5) is 22.5. The standard InChI is InChI=1S/C17H23N5O2/c1-2-3-15-12-21(8-9-24-15)17(23)20-11-14-4-5-16(19-10-14)22-7-6-18-13-22/h4-7,10,13,15H,2-3,8-9,11-12H2,1H3,(H,20,23)/t15-/m1/s1. The average molecular weight is 329 g/mol. The van der Waals surface area contributed by atoms with Crippen molar-refractivity contribution in [1.29, 1.82) is 0 Å². The number of carbonyl (C=O) groups is 1. The monoisotopic (exact) mass is 329 g/mol. The molecule has 0 aromatic carbocycles. The molecular weight excluding hydrogens is 306 g/mol. The van der Waals surface area contributed by atoms with Crippen LogP contribution in [-0.4, -0.2) is 51.3 Å². The number of nitrogens with zero attached hydrogens (tertiary/aromatic N) is 4. The van der Waals surface area contributed by atoms with E-state index in [1.807, 2.05) is 27.8 Å². The maximum absolute atomic E-state index is 12.3. The van der Waals surface area contributed by atoms with Crippen LogP contribution in [0, 0.1) is 0 Å². The molecule has 0 aliphatic carbocycles. The van der Waals surface area contributed by atoms with Crippen molar-refractivity contribution >= 4 is 6.03 Å². The maximum atomic E-state index is 12.3. The molecule has 0 unspecified atom stereocenters. The van der Waals surface area contributed by atoms with Gasteiger partial charge in [-0.15, -0.1) is 0 Å². The molecule has 2 aromatic rings. The molecule has 3 heterocycles. The predicted molar refractivity (Wildman–Crippen MR) is 89.8 cm³/mol. The Bertz CT molecular complexity index is 640.